The predicted octanol–water partition coefficient (Wildman–Crippen LogP) is 1.67. The summed E-state index contributed by atoms with van der Waals surface area (Å²) in [6.07, 6.45) is 2.42. The summed E-state index contributed by atoms with van der Waals surface area (Å²) in [4.78, 5) is 11.4. The Balaban J connectivity index is 2.28. The zero-order chi connectivity index (χ0) is 11.5. The van der Waals surface area contributed by atoms with Gasteiger partial charge in [0.1, 0.15) is 5.60 Å². The van der Waals surface area contributed by atoms with Crippen molar-refractivity contribution in [3.63, 3.8) is 0 Å². The Morgan fingerprint density at radius 1 is 1.47 bits per heavy atom. The molecule has 2 atom stereocenters. The number of hydrogen-bond acceptors (Lipinski definition) is 3. The van der Waals surface area contributed by atoms with Crippen molar-refractivity contribution in [2.24, 2.45) is 5.92 Å². The molecule has 0 aliphatic heterocycles. The van der Waals surface area contributed by atoms with Crippen molar-refractivity contribution in [1.29, 1.82) is 0 Å². The Hall–Kier alpha value is -0.770. The first-order valence-electron chi connectivity index (χ1n) is 5.51. The van der Waals surface area contributed by atoms with Gasteiger partial charge < -0.3 is 15.2 Å². The molecule has 1 aliphatic carbocycles. The molecule has 2 N–H and O–H groups in total. The van der Waals surface area contributed by atoms with E-state index in [0.717, 1.165) is 19.3 Å². The van der Waals surface area contributed by atoms with Gasteiger partial charge in [0, 0.05) is 12.6 Å². The maximum atomic E-state index is 11.4. The second-order valence-corrected chi connectivity index (χ2v) is 5.20. The highest BCUT2D eigenvalue weighted by Crippen LogP contribution is 2.25. The predicted molar refractivity (Wildman–Crippen MR) is 57.6 cm³/mol. The van der Waals surface area contributed by atoms with Gasteiger partial charge in [-0.1, -0.05) is 0 Å². The zero-order valence-corrected chi connectivity index (χ0v) is 9.75. The second kappa shape index (κ2) is 4.84. The molecule has 0 unspecified atom stereocenters. The molecular weight excluding hydrogens is 194 g/mol. The van der Waals surface area contributed by atoms with Crippen LogP contribution in [0.4, 0.5) is 4.79 Å². The summed E-state index contributed by atoms with van der Waals surface area (Å²) >= 11 is 0. The molecule has 1 rings (SSSR count). The molecule has 4 heteroatoms. The zero-order valence-electron chi connectivity index (χ0n) is 9.75. The van der Waals surface area contributed by atoms with Crippen LogP contribution < -0.4 is 5.32 Å². The lowest BCUT2D eigenvalue weighted by Gasteiger charge is -2.21. The van der Waals surface area contributed by atoms with E-state index < -0.39 is 5.60 Å². The van der Waals surface area contributed by atoms with Crippen LogP contribution in [0.2, 0.25) is 0 Å². The highest BCUT2D eigenvalue weighted by molar-refractivity contribution is 5.68. The average Bonchev–Trinajstić information content (AvgIpc) is 2.48. The molecule has 0 bridgehead atoms. The number of aliphatic hydroxyl groups excluding tert-OH is 1. The number of ether oxygens (including phenoxy) is 1. The number of rotatable bonds is 2. The molecule has 0 aromatic heterocycles. The molecule has 1 aliphatic rings. The van der Waals surface area contributed by atoms with Gasteiger partial charge in [0.25, 0.3) is 0 Å². The SMILES string of the molecule is CC(C)(C)OC(=O)N[C@H]1CC[C@@H](CO)C1. The van der Waals surface area contributed by atoms with Crippen molar-refractivity contribution < 1.29 is 14.6 Å². The number of carbonyl (C=O) groups excluding carboxylic acids is 1. The fraction of sp³-hybridized carbons (Fsp3) is 0.909. The van der Waals surface area contributed by atoms with Crippen molar-refractivity contribution in [1.82, 2.24) is 5.32 Å². The van der Waals surface area contributed by atoms with Crippen LogP contribution in [0.5, 0.6) is 0 Å². The van der Waals surface area contributed by atoms with Gasteiger partial charge in [-0.15, -0.1) is 0 Å². The van der Waals surface area contributed by atoms with Crippen LogP contribution in [-0.2, 0) is 4.74 Å². The smallest absolute Gasteiger partial charge is 0.407 e. The van der Waals surface area contributed by atoms with Crippen LogP contribution in [0, 0.1) is 5.92 Å². The Morgan fingerprint density at radius 2 is 2.13 bits per heavy atom. The van der Waals surface area contributed by atoms with E-state index in [1.165, 1.54) is 0 Å². The van der Waals surface area contributed by atoms with E-state index in [9.17, 15) is 4.79 Å². The molecule has 88 valence electrons. The highest BCUT2D eigenvalue weighted by Gasteiger charge is 2.26. The minimum atomic E-state index is -0.445. The summed E-state index contributed by atoms with van der Waals surface area (Å²) in [7, 11) is 0. The van der Waals surface area contributed by atoms with Gasteiger partial charge in [-0.2, -0.15) is 0 Å². The van der Waals surface area contributed by atoms with Crippen LogP contribution in [0.3, 0.4) is 0 Å². The van der Waals surface area contributed by atoms with Gasteiger partial charge >= 0.3 is 6.09 Å². The Kier molecular flexibility index (Phi) is 3.97. The third kappa shape index (κ3) is 4.51. The van der Waals surface area contributed by atoms with Gasteiger partial charge in [-0.25, -0.2) is 4.79 Å². The highest BCUT2D eigenvalue weighted by atomic mass is 16.6. The van der Waals surface area contributed by atoms with E-state index in [2.05, 4.69) is 5.32 Å². The van der Waals surface area contributed by atoms with Crippen molar-refractivity contribution in [2.45, 2.75) is 51.7 Å². The lowest BCUT2D eigenvalue weighted by atomic mass is 10.1. The molecule has 0 aromatic carbocycles. The van der Waals surface area contributed by atoms with E-state index in [0.29, 0.717) is 5.92 Å². The molecular formula is C11H21NO3. The minimum absolute atomic E-state index is 0.164. The molecule has 1 amide bonds. The second-order valence-electron chi connectivity index (χ2n) is 5.20. The van der Waals surface area contributed by atoms with E-state index in [1.807, 2.05) is 20.8 Å². The fourth-order valence-corrected chi connectivity index (χ4v) is 1.85. The Bertz CT molecular complexity index is 222. The number of aliphatic hydroxyl groups is 1. The number of nitrogens with one attached hydrogen (secondary N) is 1. The summed E-state index contributed by atoms with van der Waals surface area (Å²) in [6.45, 7) is 5.75. The van der Waals surface area contributed by atoms with Crippen molar-refractivity contribution >= 4 is 6.09 Å². The molecule has 4 nitrogen and oxygen atoms in total. The molecule has 1 fully saturated rings. The number of amides is 1. The number of hydrogen-bond donors (Lipinski definition) is 2. The lowest BCUT2D eigenvalue weighted by Crippen LogP contribution is -2.38. The first kappa shape index (κ1) is 12.3. The normalized spacial score (nSPS) is 26.4. The molecule has 0 aromatic rings. The first-order chi connectivity index (χ1) is 6.90. The molecule has 15 heavy (non-hydrogen) atoms. The number of alkyl carbamates (subject to hydrolysis) is 1. The van der Waals surface area contributed by atoms with Gasteiger partial charge in [0.2, 0.25) is 0 Å². The van der Waals surface area contributed by atoms with E-state index in [1.54, 1.807) is 0 Å². The molecule has 0 heterocycles. The molecule has 0 spiro atoms. The topological polar surface area (TPSA) is 58.6 Å². The van der Waals surface area contributed by atoms with Crippen molar-refractivity contribution in [3.05, 3.63) is 0 Å². The third-order valence-corrected chi connectivity index (χ3v) is 2.52. The van der Waals surface area contributed by atoms with E-state index in [-0.39, 0.29) is 18.7 Å². The van der Waals surface area contributed by atoms with Crippen molar-refractivity contribution in [3.8, 4) is 0 Å². The largest absolute Gasteiger partial charge is 0.444 e. The average molecular weight is 215 g/mol. The van der Waals surface area contributed by atoms with Gasteiger partial charge in [0.05, 0.1) is 0 Å². The third-order valence-electron chi connectivity index (χ3n) is 2.52. The van der Waals surface area contributed by atoms with Crippen LogP contribution in [0.1, 0.15) is 40.0 Å². The van der Waals surface area contributed by atoms with Crippen LogP contribution in [-0.4, -0.2) is 29.4 Å². The molecule has 1 saturated carbocycles. The molecule has 0 radical (unpaired) electrons. The minimum Gasteiger partial charge on any atom is -0.444 e. The summed E-state index contributed by atoms with van der Waals surface area (Å²) < 4.78 is 5.16. The lowest BCUT2D eigenvalue weighted by molar-refractivity contribution is 0.0503. The van der Waals surface area contributed by atoms with Crippen LogP contribution in [0.25, 0.3) is 0 Å². The fourth-order valence-electron chi connectivity index (χ4n) is 1.85. The monoisotopic (exact) mass is 215 g/mol. The summed E-state index contributed by atoms with van der Waals surface area (Å²) in [5.74, 6) is 0.338. The quantitative estimate of drug-likeness (QED) is 0.736. The van der Waals surface area contributed by atoms with E-state index >= 15 is 0 Å². The van der Waals surface area contributed by atoms with Crippen LogP contribution >= 0.6 is 0 Å². The van der Waals surface area contributed by atoms with E-state index in [4.69, 9.17) is 9.84 Å². The maximum absolute atomic E-state index is 11.4. The Morgan fingerprint density at radius 3 is 2.60 bits per heavy atom. The summed E-state index contributed by atoms with van der Waals surface area (Å²) in [6, 6.07) is 0.164. The van der Waals surface area contributed by atoms with Gasteiger partial charge in [-0.05, 0) is 46.0 Å². The standard InChI is InChI=1S/C11H21NO3/c1-11(2,3)15-10(14)12-9-5-4-8(6-9)7-13/h8-9,13H,4-7H2,1-3H3,(H,12,14)/t8-,9+/m1/s1. The van der Waals surface area contributed by atoms with Gasteiger partial charge in [-0.3, -0.25) is 0 Å². The van der Waals surface area contributed by atoms with Crippen LogP contribution in [0.15, 0.2) is 0 Å². The summed E-state index contributed by atoms with van der Waals surface area (Å²) in [5, 5.41) is 11.8. The van der Waals surface area contributed by atoms with Gasteiger partial charge in [0.15, 0.2) is 0 Å². The maximum Gasteiger partial charge on any atom is 0.407 e. The summed E-state index contributed by atoms with van der Waals surface area (Å²) in [5.41, 5.74) is -0.445. The first-order valence-corrected chi connectivity index (χ1v) is 5.51. The Labute approximate surface area is 91.0 Å². The van der Waals surface area contributed by atoms with Crippen molar-refractivity contribution in [2.75, 3.05) is 6.61 Å². The molecule has 0 saturated heterocycles. The number of carbonyl (C=O) groups is 1.